The van der Waals surface area contributed by atoms with E-state index in [-0.39, 0.29) is 31.2 Å². The van der Waals surface area contributed by atoms with Crippen LogP contribution in [0.5, 0.6) is 0 Å². The van der Waals surface area contributed by atoms with Crippen molar-refractivity contribution in [3.63, 3.8) is 0 Å². The second kappa shape index (κ2) is 7.60. The quantitative estimate of drug-likeness (QED) is 0.638. The molecule has 6 heteroatoms. The van der Waals surface area contributed by atoms with Crippen molar-refractivity contribution in [2.24, 2.45) is 5.92 Å². The van der Waals surface area contributed by atoms with Crippen LogP contribution >= 0.6 is 0 Å². The maximum absolute atomic E-state index is 11.9. The molecule has 0 radical (unpaired) electrons. The molecule has 16 heavy (non-hydrogen) atoms. The van der Waals surface area contributed by atoms with Gasteiger partial charge in [0.1, 0.15) is 0 Å². The second-order valence-corrected chi connectivity index (χ2v) is 6.06. The molecular weight excluding hydrogens is 228 g/mol. The van der Waals surface area contributed by atoms with Gasteiger partial charge in [-0.25, -0.2) is 12.7 Å². The van der Waals surface area contributed by atoms with Gasteiger partial charge in [0.25, 0.3) is 0 Å². The fourth-order valence-corrected chi connectivity index (χ4v) is 2.77. The maximum Gasteiger partial charge on any atom is 0.216 e. The van der Waals surface area contributed by atoms with Gasteiger partial charge >= 0.3 is 0 Å². The van der Waals surface area contributed by atoms with Crippen LogP contribution in [0.3, 0.4) is 0 Å². The van der Waals surface area contributed by atoms with E-state index in [2.05, 4.69) is 0 Å². The highest BCUT2D eigenvalue weighted by Crippen LogP contribution is 2.07. The summed E-state index contributed by atoms with van der Waals surface area (Å²) in [6.45, 7) is 4.80. The van der Waals surface area contributed by atoms with E-state index in [9.17, 15) is 8.42 Å². The van der Waals surface area contributed by atoms with E-state index in [1.165, 1.54) is 11.4 Å². The molecule has 0 rings (SSSR count). The SMILES string of the molecule is COCCS(=O)(=O)N(CCC#N)CC(C)C. The third kappa shape index (κ3) is 6.05. The van der Waals surface area contributed by atoms with Crippen molar-refractivity contribution in [3.8, 4) is 6.07 Å². The number of methoxy groups -OCH3 is 1. The van der Waals surface area contributed by atoms with E-state index in [1.54, 1.807) is 0 Å². The van der Waals surface area contributed by atoms with Gasteiger partial charge in [-0.2, -0.15) is 5.26 Å². The van der Waals surface area contributed by atoms with Gasteiger partial charge in [0, 0.05) is 26.6 Å². The number of rotatable bonds is 8. The lowest BCUT2D eigenvalue weighted by Crippen LogP contribution is -2.37. The Balaban J connectivity index is 4.53. The first-order chi connectivity index (χ1) is 7.44. The molecule has 0 saturated carbocycles. The van der Waals surface area contributed by atoms with Crippen LogP contribution in [-0.2, 0) is 14.8 Å². The van der Waals surface area contributed by atoms with E-state index >= 15 is 0 Å². The maximum atomic E-state index is 11.9. The van der Waals surface area contributed by atoms with Crippen LogP contribution in [0, 0.1) is 17.2 Å². The van der Waals surface area contributed by atoms with Gasteiger partial charge in [-0.15, -0.1) is 0 Å². The lowest BCUT2D eigenvalue weighted by Gasteiger charge is -2.22. The Morgan fingerprint density at radius 3 is 2.50 bits per heavy atom. The Labute approximate surface area is 98.1 Å². The molecule has 0 spiro atoms. The molecule has 0 aromatic heterocycles. The predicted molar refractivity (Wildman–Crippen MR) is 62.3 cm³/mol. The Morgan fingerprint density at radius 1 is 1.44 bits per heavy atom. The minimum Gasteiger partial charge on any atom is -0.384 e. The monoisotopic (exact) mass is 248 g/mol. The molecule has 0 aliphatic carbocycles. The van der Waals surface area contributed by atoms with Crippen molar-refractivity contribution in [1.82, 2.24) is 4.31 Å². The van der Waals surface area contributed by atoms with Crippen LogP contribution in [-0.4, -0.2) is 45.3 Å². The molecule has 0 aliphatic heterocycles. The summed E-state index contributed by atoms with van der Waals surface area (Å²) in [6.07, 6.45) is 0.221. The number of nitrogens with zero attached hydrogens (tertiary/aromatic N) is 2. The average molecular weight is 248 g/mol. The summed E-state index contributed by atoms with van der Waals surface area (Å²) in [5.41, 5.74) is 0. The first-order valence-electron chi connectivity index (χ1n) is 5.27. The van der Waals surface area contributed by atoms with Gasteiger partial charge in [0.05, 0.1) is 18.4 Å². The smallest absolute Gasteiger partial charge is 0.216 e. The molecular formula is C10H20N2O3S. The molecule has 0 aromatic rings. The molecule has 0 heterocycles. The topological polar surface area (TPSA) is 70.4 Å². The van der Waals surface area contributed by atoms with Crippen molar-refractivity contribution in [1.29, 1.82) is 5.26 Å². The highest BCUT2D eigenvalue weighted by molar-refractivity contribution is 7.89. The zero-order valence-corrected chi connectivity index (χ0v) is 11.0. The summed E-state index contributed by atoms with van der Waals surface area (Å²) >= 11 is 0. The van der Waals surface area contributed by atoms with Gasteiger partial charge < -0.3 is 4.74 Å². The third-order valence-corrected chi connectivity index (χ3v) is 3.78. The predicted octanol–water partition coefficient (Wildman–Crippen LogP) is 0.834. The fourth-order valence-electron chi connectivity index (χ4n) is 1.24. The number of sulfonamides is 1. The van der Waals surface area contributed by atoms with Crippen LogP contribution in [0.15, 0.2) is 0 Å². The highest BCUT2D eigenvalue weighted by atomic mass is 32.2. The van der Waals surface area contributed by atoms with Crippen molar-refractivity contribution in [2.75, 3.05) is 32.6 Å². The van der Waals surface area contributed by atoms with Gasteiger partial charge in [0.15, 0.2) is 0 Å². The molecule has 0 bridgehead atoms. The van der Waals surface area contributed by atoms with Crippen LogP contribution in [0.1, 0.15) is 20.3 Å². The van der Waals surface area contributed by atoms with Gasteiger partial charge in [-0.05, 0) is 5.92 Å². The van der Waals surface area contributed by atoms with E-state index in [1.807, 2.05) is 19.9 Å². The summed E-state index contributed by atoms with van der Waals surface area (Å²) in [6, 6.07) is 1.96. The molecule has 0 atom stereocenters. The van der Waals surface area contributed by atoms with E-state index in [0.717, 1.165) is 0 Å². The molecule has 0 fully saturated rings. The molecule has 0 N–H and O–H groups in total. The van der Waals surface area contributed by atoms with Gasteiger partial charge in [-0.3, -0.25) is 0 Å². The molecule has 0 aromatic carbocycles. The number of nitriles is 1. The third-order valence-electron chi connectivity index (χ3n) is 1.98. The van der Waals surface area contributed by atoms with Gasteiger partial charge in [-0.1, -0.05) is 13.8 Å². The van der Waals surface area contributed by atoms with Crippen molar-refractivity contribution >= 4 is 10.0 Å². The number of ether oxygens (including phenoxy) is 1. The molecule has 0 aliphatic rings. The fraction of sp³-hybridized carbons (Fsp3) is 0.900. The largest absolute Gasteiger partial charge is 0.384 e. The van der Waals surface area contributed by atoms with Crippen LogP contribution in [0.4, 0.5) is 0 Å². The summed E-state index contributed by atoms with van der Waals surface area (Å²) < 4.78 is 29.9. The van der Waals surface area contributed by atoms with Crippen molar-refractivity contribution < 1.29 is 13.2 Å². The Hall–Kier alpha value is -0.640. The molecule has 0 saturated heterocycles. The lowest BCUT2D eigenvalue weighted by atomic mass is 10.2. The average Bonchev–Trinajstić information content (AvgIpc) is 2.20. The minimum atomic E-state index is -3.29. The molecule has 5 nitrogen and oxygen atoms in total. The standard InChI is InChI=1S/C10H20N2O3S/c1-10(2)9-12(6-4-5-11)16(13,14)8-7-15-3/h10H,4,6-9H2,1-3H3. The van der Waals surface area contributed by atoms with Crippen LogP contribution in [0.2, 0.25) is 0 Å². The summed E-state index contributed by atoms with van der Waals surface area (Å²) in [5, 5.41) is 8.49. The summed E-state index contributed by atoms with van der Waals surface area (Å²) in [7, 11) is -1.82. The molecule has 0 amide bonds. The normalized spacial score (nSPS) is 12.0. The first-order valence-corrected chi connectivity index (χ1v) is 6.88. The number of hydrogen-bond acceptors (Lipinski definition) is 4. The van der Waals surface area contributed by atoms with Crippen molar-refractivity contribution in [2.45, 2.75) is 20.3 Å². The van der Waals surface area contributed by atoms with Crippen LogP contribution < -0.4 is 0 Å². The Morgan fingerprint density at radius 2 is 2.06 bits per heavy atom. The molecule has 0 unspecified atom stereocenters. The van der Waals surface area contributed by atoms with Gasteiger partial charge in [0.2, 0.25) is 10.0 Å². The van der Waals surface area contributed by atoms with E-state index in [0.29, 0.717) is 6.54 Å². The Kier molecular flexibility index (Phi) is 7.30. The zero-order valence-electron chi connectivity index (χ0n) is 10.1. The highest BCUT2D eigenvalue weighted by Gasteiger charge is 2.21. The minimum absolute atomic E-state index is 0.0261. The number of hydrogen-bond donors (Lipinski definition) is 0. The molecule has 94 valence electrons. The van der Waals surface area contributed by atoms with E-state index < -0.39 is 10.0 Å². The summed E-state index contributed by atoms with van der Waals surface area (Å²) in [4.78, 5) is 0. The first kappa shape index (κ1) is 15.4. The zero-order chi connectivity index (χ0) is 12.6. The van der Waals surface area contributed by atoms with Crippen molar-refractivity contribution in [3.05, 3.63) is 0 Å². The second-order valence-electron chi connectivity index (χ2n) is 3.97. The summed E-state index contributed by atoms with van der Waals surface area (Å²) in [5.74, 6) is 0.220. The lowest BCUT2D eigenvalue weighted by molar-refractivity contribution is 0.215. The Bertz CT molecular complexity index is 319. The van der Waals surface area contributed by atoms with Crippen LogP contribution in [0.25, 0.3) is 0 Å². The van der Waals surface area contributed by atoms with E-state index in [4.69, 9.17) is 10.00 Å².